The molecule has 1 fully saturated rings. The monoisotopic (exact) mass is 405 g/mol. The van der Waals surface area contributed by atoms with Crippen molar-refractivity contribution < 1.29 is 4.39 Å². The molecule has 0 aromatic heterocycles. The number of aliphatic imine (C=N–C) groups is 2. The van der Waals surface area contributed by atoms with Gasteiger partial charge in [-0.15, -0.1) is 0 Å². The number of nitrogens with zero attached hydrogens (tertiary/aromatic N) is 5. The Morgan fingerprint density at radius 1 is 1.16 bits per heavy atom. The van der Waals surface area contributed by atoms with E-state index in [1.165, 1.54) is 11.6 Å². The summed E-state index contributed by atoms with van der Waals surface area (Å²) in [6.45, 7) is 7.93. The summed E-state index contributed by atoms with van der Waals surface area (Å²) < 4.78 is 14.5. The van der Waals surface area contributed by atoms with Gasteiger partial charge in [0.15, 0.2) is 11.7 Å². The van der Waals surface area contributed by atoms with Gasteiger partial charge >= 0.3 is 0 Å². The first-order valence-electron chi connectivity index (χ1n) is 8.51. The second-order valence-corrected chi connectivity index (χ2v) is 7.71. The van der Waals surface area contributed by atoms with Crippen LogP contribution in [-0.2, 0) is 0 Å². The number of hydrogen-bond donors (Lipinski definition) is 0. The Labute approximate surface area is 155 Å². The Hall–Kier alpha value is -1.73. The van der Waals surface area contributed by atoms with Gasteiger partial charge in [-0.1, -0.05) is 0 Å². The van der Waals surface area contributed by atoms with Gasteiger partial charge in [-0.25, -0.2) is 9.38 Å². The first-order valence-corrected chi connectivity index (χ1v) is 9.30. The van der Waals surface area contributed by atoms with Crippen molar-refractivity contribution in [3.05, 3.63) is 34.2 Å². The van der Waals surface area contributed by atoms with E-state index in [-0.39, 0.29) is 11.9 Å². The topological polar surface area (TPSA) is 34.4 Å². The summed E-state index contributed by atoms with van der Waals surface area (Å²) in [5.74, 6) is 1.40. The van der Waals surface area contributed by atoms with E-state index in [2.05, 4.69) is 57.7 Å². The van der Waals surface area contributed by atoms with Crippen LogP contribution in [0.5, 0.6) is 0 Å². The van der Waals surface area contributed by atoms with Crippen LogP contribution in [-0.4, -0.2) is 60.7 Å². The maximum atomic E-state index is 14.1. The molecule has 0 bridgehead atoms. The lowest BCUT2D eigenvalue weighted by molar-refractivity contribution is 0.217. The smallest absolute Gasteiger partial charge is 0.176 e. The molecule has 1 saturated heterocycles. The largest absolute Gasteiger partial charge is 0.351 e. The first-order chi connectivity index (χ1) is 11.9. The number of hydrogen-bond acceptors (Lipinski definition) is 5. The second kappa shape index (κ2) is 6.21. The third kappa shape index (κ3) is 2.89. The van der Waals surface area contributed by atoms with Crippen LogP contribution in [0.1, 0.15) is 13.8 Å². The highest BCUT2D eigenvalue weighted by Crippen LogP contribution is 2.39. The maximum absolute atomic E-state index is 14.1. The molecule has 25 heavy (non-hydrogen) atoms. The number of benzene rings is 1. The standard InChI is InChI=1S/C18H21BrFN5/c1-11-10-25-16-8-13(19)14(20)9-15(16)22-17(18(25)21-12(11)2)24-6-4-23(3)5-7-24/h8-10,12H,4-7H2,1-3H3. The molecule has 7 heteroatoms. The Morgan fingerprint density at radius 2 is 1.88 bits per heavy atom. The minimum Gasteiger partial charge on any atom is -0.351 e. The average Bonchev–Trinajstić information content (AvgIpc) is 2.58. The molecule has 3 aliphatic heterocycles. The number of halogens is 2. The number of likely N-dealkylation sites (N-methyl/N-ethyl adjacent to an activating group) is 1. The lowest BCUT2D eigenvalue weighted by Crippen LogP contribution is -2.53. The molecular formula is C18H21BrFN5. The summed E-state index contributed by atoms with van der Waals surface area (Å²) in [4.78, 5) is 16.3. The zero-order valence-electron chi connectivity index (χ0n) is 14.6. The predicted molar refractivity (Wildman–Crippen MR) is 103 cm³/mol. The van der Waals surface area contributed by atoms with Crippen LogP contribution in [0.15, 0.2) is 38.4 Å². The minimum absolute atomic E-state index is 0.120. The molecule has 0 spiro atoms. The molecule has 1 atom stereocenters. The Morgan fingerprint density at radius 3 is 2.60 bits per heavy atom. The van der Waals surface area contributed by atoms with Crippen LogP contribution in [0, 0.1) is 5.82 Å². The molecule has 1 aromatic carbocycles. The summed E-state index contributed by atoms with van der Waals surface area (Å²) in [7, 11) is 2.13. The quantitative estimate of drug-likeness (QED) is 0.663. The molecule has 4 rings (SSSR count). The highest BCUT2D eigenvalue weighted by Gasteiger charge is 2.33. The second-order valence-electron chi connectivity index (χ2n) is 6.85. The zero-order chi connectivity index (χ0) is 17.7. The van der Waals surface area contributed by atoms with Crippen molar-refractivity contribution in [2.24, 2.45) is 9.98 Å². The number of piperazine rings is 1. The van der Waals surface area contributed by atoms with Gasteiger partial charge in [-0.05, 0) is 48.5 Å². The SMILES string of the molecule is CC1=CN2C(=NC1C)C(N1CCN(C)CC1)=Nc1cc(F)c(Br)cc12. The van der Waals surface area contributed by atoms with E-state index >= 15 is 0 Å². The average molecular weight is 406 g/mol. The minimum atomic E-state index is -0.299. The van der Waals surface area contributed by atoms with Crippen LogP contribution >= 0.6 is 15.9 Å². The van der Waals surface area contributed by atoms with Crippen molar-refractivity contribution in [2.75, 3.05) is 38.1 Å². The molecule has 3 heterocycles. The molecule has 1 aromatic rings. The lowest BCUT2D eigenvalue weighted by Gasteiger charge is -2.40. The van der Waals surface area contributed by atoms with Crippen molar-refractivity contribution in [3.63, 3.8) is 0 Å². The maximum Gasteiger partial charge on any atom is 0.176 e. The van der Waals surface area contributed by atoms with Crippen LogP contribution in [0.4, 0.5) is 15.8 Å². The van der Waals surface area contributed by atoms with E-state index in [1.54, 1.807) is 6.07 Å². The van der Waals surface area contributed by atoms with Gasteiger partial charge in [0, 0.05) is 38.4 Å². The van der Waals surface area contributed by atoms with Crippen molar-refractivity contribution in [2.45, 2.75) is 19.9 Å². The van der Waals surface area contributed by atoms with Crippen molar-refractivity contribution in [1.82, 2.24) is 9.80 Å². The summed E-state index contributed by atoms with van der Waals surface area (Å²) in [6, 6.07) is 3.40. The number of fused-ring (bicyclic) bond motifs is 3. The van der Waals surface area contributed by atoms with E-state index in [1.807, 2.05) is 0 Å². The molecule has 132 valence electrons. The summed E-state index contributed by atoms with van der Waals surface area (Å²) in [6.07, 6.45) is 2.10. The van der Waals surface area contributed by atoms with E-state index in [0.29, 0.717) is 10.2 Å². The number of rotatable bonds is 0. The molecule has 0 N–H and O–H groups in total. The normalized spacial score (nSPS) is 23.6. The van der Waals surface area contributed by atoms with E-state index in [9.17, 15) is 4.39 Å². The molecule has 3 aliphatic rings. The van der Waals surface area contributed by atoms with Gasteiger partial charge in [0.1, 0.15) is 5.82 Å². The zero-order valence-corrected chi connectivity index (χ0v) is 16.2. The summed E-state index contributed by atoms with van der Waals surface area (Å²) in [5.41, 5.74) is 2.68. The van der Waals surface area contributed by atoms with Crippen molar-refractivity contribution in [1.29, 1.82) is 0 Å². The molecule has 0 aliphatic carbocycles. The molecule has 0 radical (unpaired) electrons. The molecular weight excluding hydrogens is 385 g/mol. The lowest BCUT2D eigenvalue weighted by atomic mass is 10.1. The van der Waals surface area contributed by atoms with Gasteiger partial charge in [0.25, 0.3) is 0 Å². The van der Waals surface area contributed by atoms with Crippen molar-refractivity contribution in [3.8, 4) is 0 Å². The Kier molecular flexibility index (Phi) is 4.16. The fourth-order valence-corrected chi connectivity index (χ4v) is 3.60. The highest BCUT2D eigenvalue weighted by molar-refractivity contribution is 9.10. The number of amidine groups is 2. The molecule has 5 nitrogen and oxygen atoms in total. The van der Waals surface area contributed by atoms with Gasteiger partial charge < -0.3 is 9.80 Å². The van der Waals surface area contributed by atoms with E-state index < -0.39 is 0 Å². The van der Waals surface area contributed by atoms with Crippen LogP contribution in [0.2, 0.25) is 0 Å². The van der Waals surface area contributed by atoms with E-state index in [4.69, 9.17) is 9.98 Å². The first kappa shape index (κ1) is 16.7. The summed E-state index contributed by atoms with van der Waals surface area (Å²) >= 11 is 3.29. The van der Waals surface area contributed by atoms with E-state index in [0.717, 1.165) is 43.5 Å². The van der Waals surface area contributed by atoms with Crippen molar-refractivity contribution >= 4 is 39.0 Å². The fourth-order valence-electron chi connectivity index (χ4n) is 3.27. The van der Waals surface area contributed by atoms with Crippen LogP contribution in [0.3, 0.4) is 0 Å². The van der Waals surface area contributed by atoms with Crippen LogP contribution in [0.25, 0.3) is 0 Å². The van der Waals surface area contributed by atoms with Gasteiger partial charge in [-0.2, -0.15) is 0 Å². The molecule has 0 amide bonds. The molecule has 0 saturated carbocycles. The molecule has 1 unspecified atom stereocenters. The van der Waals surface area contributed by atoms with Crippen LogP contribution < -0.4 is 4.90 Å². The highest BCUT2D eigenvalue weighted by atomic mass is 79.9. The predicted octanol–water partition coefficient (Wildman–Crippen LogP) is 3.39. The van der Waals surface area contributed by atoms with Gasteiger partial charge in [0.05, 0.1) is 21.9 Å². The van der Waals surface area contributed by atoms with Gasteiger partial charge in [-0.3, -0.25) is 9.89 Å². The Balaban J connectivity index is 1.83. The van der Waals surface area contributed by atoms with Gasteiger partial charge in [0.2, 0.25) is 0 Å². The summed E-state index contributed by atoms with van der Waals surface area (Å²) in [5, 5.41) is 0. The fraction of sp³-hybridized carbons (Fsp3) is 0.444. The number of anilines is 1. The third-order valence-electron chi connectivity index (χ3n) is 5.04. The Bertz CT molecular complexity index is 808. The third-order valence-corrected chi connectivity index (χ3v) is 5.65.